The van der Waals surface area contributed by atoms with E-state index in [0.717, 1.165) is 17.7 Å². The first-order valence-corrected chi connectivity index (χ1v) is 28.2. The van der Waals surface area contributed by atoms with E-state index in [1.54, 1.807) is 74.4 Å². The summed E-state index contributed by atoms with van der Waals surface area (Å²) in [4.78, 5) is 85.5. The third-order valence-electron chi connectivity index (χ3n) is 14.9. The van der Waals surface area contributed by atoms with E-state index in [-0.39, 0.29) is 58.4 Å². The second kappa shape index (κ2) is 22.9. The zero-order valence-electron chi connectivity index (χ0n) is 44.3. The van der Waals surface area contributed by atoms with Gasteiger partial charge in [0.15, 0.2) is 15.7 Å². The molecule has 0 aliphatic carbocycles. The number of hydrogen-bond donors (Lipinski definition) is 4. The number of hydrogen-bond acceptors (Lipinski definition) is 18. The molecule has 3 aliphatic heterocycles. The molecular formula is C53H65FN14O7S2. The van der Waals surface area contributed by atoms with E-state index in [1.807, 2.05) is 13.8 Å². The zero-order chi connectivity index (χ0) is 54.8. The number of nitrogens with zero attached hydrogens (tertiary/aromatic N) is 10. The number of ketones is 1. The van der Waals surface area contributed by atoms with Gasteiger partial charge in [0.25, 0.3) is 5.91 Å². The lowest BCUT2D eigenvalue weighted by atomic mass is 9.87. The van der Waals surface area contributed by atoms with Crippen molar-refractivity contribution in [1.82, 2.24) is 60.5 Å². The number of piperidine rings is 1. The van der Waals surface area contributed by atoms with Crippen LogP contribution in [0.5, 0.6) is 5.75 Å². The highest BCUT2D eigenvalue weighted by molar-refractivity contribution is 7.92. The number of sulfone groups is 1. The molecule has 408 valence electrons. The molecule has 77 heavy (non-hydrogen) atoms. The monoisotopic (exact) mass is 1090 g/mol. The van der Waals surface area contributed by atoms with Crippen molar-refractivity contribution >= 4 is 73.2 Å². The second-order valence-electron chi connectivity index (χ2n) is 20.8. The fourth-order valence-corrected chi connectivity index (χ4v) is 12.0. The minimum Gasteiger partial charge on any atom is -0.491 e. The highest BCUT2D eigenvalue weighted by Gasteiger charge is 2.42. The van der Waals surface area contributed by atoms with Crippen LogP contribution in [0.4, 0.5) is 22.0 Å². The van der Waals surface area contributed by atoms with Gasteiger partial charge in [-0.15, -0.1) is 11.3 Å². The Balaban J connectivity index is 0.787. The fraction of sp³-hybridized carbons (Fsp3) is 0.472. The number of carbonyl (C=O) groups excluding carboxylic acids is 4. The topological polar surface area (TPSA) is 254 Å². The average Bonchev–Trinajstić information content (AvgIpc) is 4.24. The van der Waals surface area contributed by atoms with E-state index < -0.39 is 32.5 Å². The Kier molecular flexibility index (Phi) is 16.3. The van der Waals surface area contributed by atoms with Crippen molar-refractivity contribution in [1.29, 1.82) is 0 Å². The standard InChI is InChI=1S/C53H65FN14O7S2/c1-31-32(2)63-64-46(31)62-47-38-25-43(77(73,74)53(4,5)6)42(26-39(38)58-30-59-47)75-24-23-65-19-21-67(22-20-65)52-56-27-36(28-57-52)50(71)66-17-14-34(15-18-66)44(61-48(70)33(3)55-7)51(72)68-16-8-9-41(68)49-60-40(29-76-49)45(69)35-10-12-37(54)13-11-35/h10-13,25-30,33-34,41,44,55H,8-9,14-24H2,1-7H3,(H,61,70)(H2,58,59,62,63,64). The number of thiazole rings is 1. The van der Waals surface area contributed by atoms with Crippen LogP contribution >= 0.6 is 11.3 Å². The van der Waals surface area contributed by atoms with E-state index in [2.05, 4.69) is 60.9 Å². The van der Waals surface area contributed by atoms with Crippen LogP contribution in [0.2, 0.25) is 0 Å². The van der Waals surface area contributed by atoms with Gasteiger partial charge >= 0.3 is 0 Å². The molecule has 0 radical (unpaired) electrons. The van der Waals surface area contributed by atoms with E-state index in [0.29, 0.717) is 116 Å². The van der Waals surface area contributed by atoms with Crippen molar-refractivity contribution < 1.29 is 36.7 Å². The first kappa shape index (κ1) is 54.8. The van der Waals surface area contributed by atoms with Gasteiger partial charge in [0, 0.05) is 98.4 Å². The third-order valence-corrected chi connectivity index (χ3v) is 18.3. The number of anilines is 3. The maximum Gasteiger partial charge on any atom is 0.256 e. The van der Waals surface area contributed by atoms with E-state index in [9.17, 15) is 32.0 Å². The summed E-state index contributed by atoms with van der Waals surface area (Å²) in [6.07, 6.45) is 6.81. The average molecular weight is 1090 g/mol. The molecule has 3 fully saturated rings. The van der Waals surface area contributed by atoms with Crippen molar-refractivity contribution in [2.45, 2.75) is 95.0 Å². The summed E-state index contributed by atoms with van der Waals surface area (Å²) in [5.74, 6) is -0.0842. The number of halogens is 1. The van der Waals surface area contributed by atoms with Crippen LogP contribution in [0, 0.1) is 25.6 Å². The molecule has 4 aromatic heterocycles. The number of H-pyrrole nitrogens is 1. The normalized spacial score (nSPS) is 17.6. The summed E-state index contributed by atoms with van der Waals surface area (Å²) in [6, 6.07) is 6.75. The van der Waals surface area contributed by atoms with Crippen LogP contribution in [0.25, 0.3) is 10.9 Å². The molecule has 0 spiro atoms. The molecule has 2 aromatic carbocycles. The predicted molar refractivity (Wildman–Crippen MR) is 289 cm³/mol. The quantitative estimate of drug-likeness (QED) is 0.0833. The predicted octanol–water partition coefficient (Wildman–Crippen LogP) is 5.41. The molecule has 4 N–H and O–H groups in total. The summed E-state index contributed by atoms with van der Waals surface area (Å²) < 4.78 is 46.7. The number of nitrogens with one attached hydrogen (secondary N) is 4. The molecule has 21 nitrogen and oxygen atoms in total. The lowest BCUT2D eigenvalue weighted by Crippen LogP contribution is -2.57. The number of piperazine rings is 1. The number of carbonyl (C=O) groups is 4. The van der Waals surface area contributed by atoms with Crippen molar-refractivity contribution in [3.63, 3.8) is 0 Å². The van der Waals surface area contributed by atoms with Crippen LogP contribution in [0.1, 0.15) is 102 Å². The first-order chi connectivity index (χ1) is 36.8. The summed E-state index contributed by atoms with van der Waals surface area (Å²) >= 11 is 1.30. The minimum absolute atomic E-state index is 0.0531. The summed E-state index contributed by atoms with van der Waals surface area (Å²) in [5.41, 5.74) is 3.21. The third kappa shape index (κ3) is 11.8. The van der Waals surface area contributed by atoms with Crippen LogP contribution in [0.15, 0.2) is 65.4 Å². The van der Waals surface area contributed by atoms with Crippen molar-refractivity contribution in [3.05, 3.63) is 99.4 Å². The van der Waals surface area contributed by atoms with Gasteiger partial charge in [-0.05, 0) is 111 Å². The molecule has 24 heteroatoms. The Labute approximate surface area is 450 Å². The highest BCUT2D eigenvalue weighted by Crippen LogP contribution is 2.39. The summed E-state index contributed by atoms with van der Waals surface area (Å²) in [7, 11) is -2.19. The van der Waals surface area contributed by atoms with Gasteiger partial charge in [-0.25, -0.2) is 37.7 Å². The molecule has 3 atom stereocenters. The van der Waals surface area contributed by atoms with Crippen molar-refractivity contribution in [2.24, 2.45) is 5.92 Å². The molecule has 7 heterocycles. The molecule has 3 unspecified atom stereocenters. The number of ether oxygens (including phenoxy) is 1. The molecular weight excluding hydrogens is 1030 g/mol. The molecule has 3 amide bonds. The summed E-state index contributed by atoms with van der Waals surface area (Å²) in [5, 5.41) is 19.3. The van der Waals surface area contributed by atoms with E-state index in [1.165, 1.54) is 41.9 Å². The highest BCUT2D eigenvalue weighted by atomic mass is 32.2. The maximum absolute atomic E-state index is 14.6. The number of fused-ring (bicyclic) bond motifs is 1. The van der Waals surface area contributed by atoms with Crippen LogP contribution < -0.4 is 25.6 Å². The Morgan fingerprint density at radius 1 is 0.909 bits per heavy atom. The minimum atomic E-state index is -3.86. The number of likely N-dealkylation sites (N-methyl/N-ethyl adjacent to an activating group) is 1. The number of likely N-dealkylation sites (tertiary alicyclic amines) is 2. The Morgan fingerprint density at radius 2 is 1.62 bits per heavy atom. The smallest absolute Gasteiger partial charge is 0.256 e. The van der Waals surface area contributed by atoms with Crippen molar-refractivity contribution in [2.75, 3.05) is 76.2 Å². The maximum atomic E-state index is 14.6. The molecule has 0 saturated carbocycles. The molecule has 6 aromatic rings. The molecule has 9 rings (SSSR count). The van der Waals surface area contributed by atoms with E-state index >= 15 is 0 Å². The van der Waals surface area contributed by atoms with Crippen molar-refractivity contribution in [3.8, 4) is 5.75 Å². The molecule has 0 bridgehead atoms. The van der Waals surface area contributed by atoms with Gasteiger partial charge in [-0.2, -0.15) is 5.10 Å². The Morgan fingerprint density at radius 3 is 2.29 bits per heavy atom. The van der Waals surface area contributed by atoms with Crippen LogP contribution in [-0.4, -0.2) is 165 Å². The Hall–Kier alpha value is -7.02. The number of aryl methyl sites for hydroxylation is 1. The van der Waals surface area contributed by atoms with E-state index in [4.69, 9.17) is 4.74 Å². The molecule has 3 saturated heterocycles. The second-order valence-corrected chi connectivity index (χ2v) is 24.3. The number of benzene rings is 2. The van der Waals surface area contributed by atoms with Gasteiger partial charge in [0.2, 0.25) is 23.5 Å². The number of aromatic amines is 1. The van der Waals surface area contributed by atoms with Gasteiger partial charge in [0.05, 0.1) is 27.9 Å². The summed E-state index contributed by atoms with van der Waals surface area (Å²) in [6.45, 7) is 15.0. The lowest BCUT2D eigenvalue weighted by molar-refractivity contribution is -0.139. The Bertz CT molecular complexity index is 3240. The fourth-order valence-electron chi connectivity index (χ4n) is 9.76. The largest absolute Gasteiger partial charge is 0.491 e. The number of rotatable bonds is 17. The van der Waals surface area contributed by atoms with Gasteiger partial charge in [-0.1, -0.05) is 0 Å². The SMILES string of the molecule is CNC(C)C(=O)NC(C(=O)N1CCCC1c1nc(C(=O)c2ccc(F)cc2)cs1)C1CCN(C(=O)c2cnc(N3CCN(CCOc4cc5ncnc(Nc6n[nH]c(C)c6C)c5cc4S(=O)(=O)C(C)(C)C)CC3)nc2)CC1. The zero-order valence-corrected chi connectivity index (χ0v) is 45.9. The van der Waals surface area contributed by atoms with Crippen LogP contribution in [0.3, 0.4) is 0 Å². The number of aromatic nitrogens is 7. The van der Waals surface area contributed by atoms with Gasteiger partial charge in [-0.3, -0.25) is 29.2 Å². The lowest BCUT2D eigenvalue weighted by Gasteiger charge is -2.38. The van der Waals surface area contributed by atoms with Crippen LogP contribution in [-0.2, 0) is 19.4 Å². The molecule has 3 aliphatic rings. The first-order valence-electron chi connectivity index (χ1n) is 25.9. The number of amides is 3. The van der Waals surface area contributed by atoms with Gasteiger partial charge in [0.1, 0.15) is 52.0 Å². The van der Waals surface area contributed by atoms with Gasteiger partial charge < -0.3 is 35.4 Å².